The minimum absolute atomic E-state index is 0.0782. The third-order valence-electron chi connectivity index (χ3n) is 1.85. The van der Waals surface area contributed by atoms with Gasteiger partial charge in [-0.3, -0.25) is 0 Å². The quantitative estimate of drug-likeness (QED) is 0.896. The van der Waals surface area contributed by atoms with Gasteiger partial charge in [0.05, 0.1) is 28.7 Å². The van der Waals surface area contributed by atoms with E-state index in [0.29, 0.717) is 0 Å². The number of halogens is 2. The number of hydrogen-bond acceptors (Lipinski definition) is 3. The van der Waals surface area contributed by atoms with Crippen LogP contribution >= 0.6 is 31.9 Å². The monoisotopic (exact) mass is 323 g/mol. The van der Waals surface area contributed by atoms with Gasteiger partial charge in [0.2, 0.25) is 0 Å². The first-order chi connectivity index (χ1) is 6.60. The summed E-state index contributed by atoms with van der Waals surface area (Å²) in [5.41, 5.74) is 6.54. The van der Waals surface area contributed by atoms with Crippen LogP contribution < -0.4 is 10.5 Å². The highest BCUT2D eigenvalue weighted by molar-refractivity contribution is 9.11. The lowest BCUT2D eigenvalue weighted by Gasteiger charge is -2.12. The smallest absolute Gasteiger partial charge is 0.147 e. The number of ether oxygens (including phenoxy) is 1. The molecule has 0 unspecified atom stereocenters. The molecule has 0 fully saturated rings. The number of methoxy groups -OCH3 is 1. The third-order valence-corrected chi connectivity index (χ3v) is 3.03. The van der Waals surface area contributed by atoms with E-state index < -0.39 is 0 Å². The van der Waals surface area contributed by atoms with E-state index >= 15 is 0 Å². The molecule has 1 atom stereocenters. The number of aliphatic hydroxyl groups excluding tert-OH is 1. The SMILES string of the molecule is COc1c(Br)cc([C@@H](N)CO)cc1Br. The zero-order valence-electron chi connectivity index (χ0n) is 7.63. The van der Waals surface area contributed by atoms with Crippen LogP contribution in [0.2, 0.25) is 0 Å². The van der Waals surface area contributed by atoms with Crippen molar-refractivity contribution in [2.75, 3.05) is 13.7 Å². The highest BCUT2D eigenvalue weighted by Gasteiger charge is 2.11. The largest absolute Gasteiger partial charge is 0.494 e. The fourth-order valence-electron chi connectivity index (χ4n) is 1.09. The zero-order valence-corrected chi connectivity index (χ0v) is 10.8. The van der Waals surface area contributed by atoms with Crippen LogP contribution in [0.3, 0.4) is 0 Å². The van der Waals surface area contributed by atoms with Crippen LogP contribution in [0, 0.1) is 0 Å². The van der Waals surface area contributed by atoms with Crippen molar-refractivity contribution < 1.29 is 9.84 Å². The van der Waals surface area contributed by atoms with Crippen LogP contribution in [-0.2, 0) is 0 Å². The van der Waals surface area contributed by atoms with Crippen LogP contribution in [0.25, 0.3) is 0 Å². The lowest BCUT2D eigenvalue weighted by Crippen LogP contribution is -2.14. The molecule has 0 aliphatic carbocycles. The van der Waals surface area contributed by atoms with Gasteiger partial charge in [-0.25, -0.2) is 0 Å². The first-order valence-corrected chi connectivity index (χ1v) is 5.58. The normalized spacial score (nSPS) is 12.6. The second-order valence-corrected chi connectivity index (χ2v) is 4.52. The molecule has 0 saturated heterocycles. The van der Waals surface area contributed by atoms with E-state index in [1.54, 1.807) is 7.11 Å². The molecule has 0 amide bonds. The second-order valence-electron chi connectivity index (χ2n) is 2.81. The molecule has 3 N–H and O–H groups in total. The Morgan fingerprint density at radius 1 is 1.43 bits per heavy atom. The highest BCUT2D eigenvalue weighted by atomic mass is 79.9. The summed E-state index contributed by atoms with van der Waals surface area (Å²) in [6.07, 6.45) is 0. The second kappa shape index (κ2) is 5.11. The third kappa shape index (κ3) is 2.48. The van der Waals surface area contributed by atoms with Gasteiger partial charge >= 0.3 is 0 Å². The summed E-state index contributed by atoms with van der Waals surface area (Å²) in [4.78, 5) is 0. The molecule has 3 nitrogen and oxygen atoms in total. The Hall–Kier alpha value is -0.100. The van der Waals surface area contributed by atoms with Crippen molar-refractivity contribution in [1.82, 2.24) is 0 Å². The zero-order chi connectivity index (χ0) is 10.7. The van der Waals surface area contributed by atoms with Gasteiger partial charge in [-0.2, -0.15) is 0 Å². The molecule has 0 spiro atoms. The van der Waals surface area contributed by atoms with Crippen molar-refractivity contribution in [3.05, 3.63) is 26.6 Å². The molecular formula is C9H11Br2NO2. The summed E-state index contributed by atoms with van der Waals surface area (Å²) < 4.78 is 6.77. The summed E-state index contributed by atoms with van der Waals surface area (Å²) in [5, 5.41) is 8.91. The Labute approximate surface area is 99.5 Å². The molecule has 1 aromatic rings. The summed E-state index contributed by atoms with van der Waals surface area (Å²) in [6, 6.07) is 3.31. The van der Waals surface area contributed by atoms with E-state index in [1.165, 1.54) is 0 Å². The van der Waals surface area contributed by atoms with Gasteiger partial charge in [-0.05, 0) is 49.6 Å². The molecule has 1 rings (SSSR count). The Balaban J connectivity index is 3.13. The van der Waals surface area contributed by atoms with Gasteiger partial charge in [0, 0.05) is 0 Å². The molecule has 14 heavy (non-hydrogen) atoms. The molecule has 5 heteroatoms. The average Bonchev–Trinajstić information content (AvgIpc) is 2.16. The number of aliphatic hydroxyl groups is 1. The molecule has 0 aliphatic rings. The Bertz CT molecular complexity index is 308. The van der Waals surface area contributed by atoms with E-state index in [1.807, 2.05) is 12.1 Å². The molecule has 0 bridgehead atoms. The van der Waals surface area contributed by atoms with Crippen molar-refractivity contribution in [1.29, 1.82) is 0 Å². The van der Waals surface area contributed by atoms with E-state index in [0.717, 1.165) is 20.3 Å². The van der Waals surface area contributed by atoms with Gasteiger partial charge in [-0.15, -0.1) is 0 Å². The van der Waals surface area contributed by atoms with Crippen molar-refractivity contribution >= 4 is 31.9 Å². The molecule has 0 heterocycles. The molecule has 0 aliphatic heterocycles. The lowest BCUT2D eigenvalue weighted by molar-refractivity contribution is 0.268. The van der Waals surface area contributed by atoms with Crippen molar-refractivity contribution in [3.63, 3.8) is 0 Å². The van der Waals surface area contributed by atoms with Crippen molar-refractivity contribution in [3.8, 4) is 5.75 Å². The highest BCUT2D eigenvalue weighted by Crippen LogP contribution is 2.35. The molecule has 1 aromatic carbocycles. The number of nitrogens with two attached hydrogens (primary N) is 1. The van der Waals surface area contributed by atoms with Gasteiger partial charge in [-0.1, -0.05) is 0 Å². The fourth-order valence-corrected chi connectivity index (χ4v) is 2.64. The summed E-state index contributed by atoms with van der Waals surface area (Å²) >= 11 is 6.73. The van der Waals surface area contributed by atoms with Gasteiger partial charge in [0.25, 0.3) is 0 Å². The summed E-state index contributed by atoms with van der Waals surface area (Å²) in [6.45, 7) is -0.0782. The van der Waals surface area contributed by atoms with Gasteiger partial charge in [0.1, 0.15) is 5.75 Å². The fraction of sp³-hybridized carbons (Fsp3) is 0.333. The number of hydrogen-bond donors (Lipinski definition) is 2. The predicted octanol–water partition coefficient (Wildman–Crippen LogP) is 2.21. The Morgan fingerprint density at radius 3 is 2.29 bits per heavy atom. The van der Waals surface area contributed by atoms with E-state index in [4.69, 9.17) is 15.6 Å². The molecule has 0 saturated carbocycles. The molecule has 0 radical (unpaired) electrons. The van der Waals surface area contributed by atoms with Crippen molar-refractivity contribution in [2.45, 2.75) is 6.04 Å². The van der Waals surface area contributed by atoms with Crippen LogP contribution in [0.5, 0.6) is 5.75 Å². The maximum atomic E-state index is 8.91. The van der Waals surface area contributed by atoms with E-state index in [9.17, 15) is 0 Å². The first kappa shape index (κ1) is 12.0. The Kier molecular flexibility index (Phi) is 4.37. The minimum atomic E-state index is -0.367. The van der Waals surface area contributed by atoms with Crippen LogP contribution in [0.4, 0.5) is 0 Å². The van der Waals surface area contributed by atoms with Gasteiger partial charge in [0.15, 0.2) is 0 Å². The standard InChI is InChI=1S/C9H11Br2NO2/c1-14-9-6(10)2-5(3-7(9)11)8(12)4-13/h2-3,8,13H,4,12H2,1H3/t8-/m0/s1. The summed E-state index contributed by atoms with van der Waals surface area (Å²) in [7, 11) is 1.59. The lowest BCUT2D eigenvalue weighted by atomic mass is 10.1. The summed E-state index contributed by atoms with van der Waals surface area (Å²) in [5.74, 6) is 0.721. The van der Waals surface area contributed by atoms with Crippen molar-refractivity contribution in [2.24, 2.45) is 5.73 Å². The maximum absolute atomic E-state index is 8.91. The topological polar surface area (TPSA) is 55.5 Å². The maximum Gasteiger partial charge on any atom is 0.147 e. The van der Waals surface area contributed by atoms with Crippen LogP contribution in [0.15, 0.2) is 21.1 Å². The van der Waals surface area contributed by atoms with E-state index in [2.05, 4.69) is 31.9 Å². The predicted molar refractivity (Wildman–Crippen MR) is 62.4 cm³/mol. The van der Waals surface area contributed by atoms with Gasteiger partial charge < -0.3 is 15.6 Å². The molecule has 0 aromatic heterocycles. The first-order valence-electron chi connectivity index (χ1n) is 3.99. The molecule has 78 valence electrons. The van der Waals surface area contributed by atoms with Crippen LogP contribution in [-0.4, -0.2) is 18.8 Å². The molecular weight excluding hydrogens is 314 g/mol. The number of rotatable bonds is 3. The average molecular weight is 325 g/mol. The number of benzene rings is 1. The Morgan fingerprint density at radius 2 is 1.93 bits per heavy atom. The van der Waals surface area contributed by atoms with Crippen LogP contribution in [0.1, 0.15) is 11.6 Å². The van der Waals surface area contributed by atoms with E-state index in [-0.39, 0.29) is 12.6 Å². The minimum Gasteiger partial charge on any atom is -0.494 e.